The van der Waals surface area contributed by atoms with Crippen LogP contribution in [-0.2, 0) is 11.2 Å². The van der Waals surface area contributed by atoms with E-state index in [-0.39, 0.29) is 12.5 Å². The Labute approximate surface area is 221 Å². The maximum atomic E-state index is 12.5. The minimum Gasteiger partial charge on any atom is -0.481 e. The van der Waals surface area contributed by atoms with Crippen LogP contribution in [0.3, 0.4) is 0 Å². The lowest BCUT2D eigenvalue weighted by Crippen LogP contribution is -2.34. The molecule has 1 N–H and O–H groups in total. The summed E-state index contributed by atoms with van der Waals surface area (Å²) in [4.78, 5) is 19.7. The van der Waals surface area contributed by atoms with Gasteiger partial charge in [0.25, 0.3) is 5.91 Å². The summed E-state index contributed by atoms with van der Waals surface area (Å²) in [7, 11) is 0. The maximum Gasteiger partial charge on any atom is 0.262 e. The second kappa shape index (κ2) is 11.2. The van der Waals surface area contributed by atoms with Crippen LogP contribution in [0.15, 0.2) is 78.9 Å². The molecule has 2 heterocycles. The molecule has 1 aliphatic heterocycles. The van der Waals surface area contributed by atoms with Gasteiger partial charge in [0.05, 0.1) is 10.0 Å². The number of pyridine rings is 1. The Balaban J connectivity index is 1.23. The van der Waals surface area contributed by atoms with Gasteiger partial charge in [0.1, 0.15) is 17.1 Å². The van der Waals surface area contributed by atoms with Crippen molar-refractivity contribution in [2.75, 3.05) is 29.9 Å². The van der Waals surface area contributed by atoms with Crippen molar-refractivity contribution < 1.29 is 9.53 Å². The maximum absolute atomic E-state index is 12.5. The number of hydrogen-bond donors (Lipinski definition) is 1. The Morgan fingerprint density at radius 3 is 2.53 bits per heavy atom. The third-order valence-electron chi connectivity index (χ3n) is 6.54. The Hall–Kier alpha value is -3.28. The number of para-hydroxylation sites is 1. The first-order valence-corrected chi connectivity index (χ1v) is 12.9. The van der Waals surface area contributed by atoms with Crippen molar-refractivity contribution in [3.63, 3.8) is 0 Å². The van der Waals surface area contributed by atoms with E-state index < -0.39 is 0 Å². The number of aromatic nitrogens is 1. The largest absolute Gasteiger partial charge is 0.481 e. The molecule has 0 unspecified atom stereocenters. The van der Waals surface area contributed by atoms with Gasteiger partial charge in [-0.3, -0.25) is 4.79 Å². The molecule has 3 aromatic carbocycles. The van der Waals surface area contributed by atoms with Crippen LogP contribution >= 0.6 is 23.2 Å². The lowest BCUT2D eigenvalue weighted by atomic mass is 9.90. The van der Waals surface area contributed by atoms with E-state index in [1.165, 1.54) is 5.56 Å². The van der Waals surface area contributed by atoms with E-state index in [0.717, 1.165) is 49.1 Å². The molecular formula is C29H27Cl2N3O2. The molecule has 1 aromatic heterocycles. The van der Waals surface area contributed by atoms with Gasteiger partial charge in [-0.15, -0.1) is 0 Å². The molecule has 0 bridgehead atoms. The second-order valence-corrected chi connectivity index (χ2v) is 9.90. The number of piperidine rings is 1. The average molecular weight is 520 g/mol. The third kappa shape index (κ3) is 5.92. The van der Waals surface area contributed by atoms with Gasteiger partial charge in [0, 0.05) is 24.2 Å². The van der Waals surface area contributed by atoms with Gasteiger partial charge >= 0.3 is 0 Å². The highest BCUT2D eigenvalue weighted by Gasteiger charge is 2.21. The highest BCUT2D eigenvalue weighted by atomic mass is 35.5. The smallest absolute Gasteiger partial charge is 0.262 e. The normalized spacial score (nSPS) is 14.1. The highest BCUT2D eigenvalue weighted by Crippen LogP contribution is 2.30. The summed E-state index contributed by atoms with van der Waals surface area (Å²) in [6, 6.07) is 25.5. The van der Waals surface area contributed by atoms with Crippen molar-refractivity contribution in [1.29, 1.82) is 0 Å². The molecule has 1 fully saturated rings. The number of ether oxygens (including phenoxy) is 1. The van der Waals surface area contributed by atoms with Gasteiger partial charge in [-0.1, -0.05) is 65.7 Å². The monoisotopic (exact) mass is 519 g/mol. The van der Waals surface area contributed by atoms with Gasteiger partial charge < -0.3 is 15.0 Å². The summed E-state index contributed by atoms with van der Waals surface area (Å²) in [6.07, 6.45) is 3.41. The van der Waals surface area contributed by atoms with E-state index in [1.54, 1.807) is 18.2 Å². The van der Waals surface area contributed by atoms with Gasteiger partial charge in [-0.05, 0) is 67.1 Å². The van der Waals surface area contributed by atoms with Crippen LogP contribution in [0.4, 0.5) is 11.5 Å². The number of fused-ring (bicyclic) bond motifs is 1. The van der Waals surface area contributed by atoms with Gasteiger partial charge in [0.2, 0.25) is 0 Å². The van der Waals surface area contributed by atoms with Crippen LogP contribution in [0, 0.1) is 5.92 Å². The van der Waals surface area contributed by atoms with Gasteiger partial charge in [-0.2, -0.15) is 0 Å². The summed E-state index contributed by atoms with van der Waals surface area (Å²) in [6.45, 7) is 1.81. The van der Waals surface area contributed by atoms with Crippen molar-refractivity contribution in [3.05, 3.63) is 94.5 Å². The quantitative estimate of drug-likeness (QED) is 0.285. The number of benzene rings is 3. The number of nitrogens with one attached hydrogen (secondary N) is 1. The van der Waals surface area contributed by atoms with Gasteiger partial charge in [-0.25, -0.2) is 4.98 Å². The van der Waals surface area contributed by atoms with Crippen LogP contribution in [0.1, 0.15) is 18.4 Å². The van der Waals surface area contributed by atoms with Crippen LogP contribution < -0.4 is 15.0 Å². The Morgan fingerprint density at radius 1 is 0.944 bits per heavy atom. The van der Waals surface area contributed by atoms with Crippen LogP contribution in [0.25, 0.3) is 10.9 Å². The molecule has 1 amide bonds. The van der Waals surface area contributed by atoms with E-state index in [0.29, 0.717) is 27.4 Å². The molecule has 0 atom stereocenters. The zero-order valence-corrected chi connectivity index (χ0v) is 21.3. The Kier molecular flexibility index (Phi) is 7.59. The van der Waals surface area contributed by atoms with Crippen molar-refractivity contribution in [3.8, 4) is 5.75 Å². The van der Waals surface area contributed by atoms with Crippen molar-refractivity contribution in [1.82, 2.24) is 4.98 Å². The molecule has 0 spiro atoms. The summed E-state index contributed by atoms with van der Waals surface area (Å²) < 4.78 is 5.88. The SMILES string of the molecule is O=C(COc1cccc2ccc(N3CCC(Cc4ccccc4)CC3)nc12)Nc1ccc(Cl)c(Cl)c1. The van der Waals surface area contributed by atoms with E-state index in [4.69, 9.17) is 32.9 Å². The molecule has 36 heavy (non-hydrogen) atoms. The molecule has 5 nitrogen and oxygen atoms in total. The number of nitrogens with zero attached hydrogens (tertiary/aromatic N) is 2. The fourth-order valence-corrected chi connectivity index (χ4v) is 4.93. The average Bonchev–Trinajstić information content (AvgIpc) is 2.90. The number of anilines is 2. The molecule has 0 aliphatic carbocycles. The lowest BCUT2D eigenvalue weighted by molar-refractivity contribution is -0.118. The predicted octanol–water partition coefficient (Wildman–Crippen LogP) is 7.02. The molecular weight excluding hydrogens is 493 g/mol. The highest BCUT2D eigenvalue weighted by molar-refractivity contribution is 6.42. The third-order valence-corrected chi connectivity index (χ3v) is 7.28. The lowest BCUT2D eigenvalue weighted by Gasteiger charge is -2.33. The fraction of sp³-hybridized carbons (Fsp3) is 0.241. The van der Waals surface area contributed by atoms with Crippen molar-refractivity contribution >= 4 is 51.5 Å². The zero-order chi connectivity index (χ0) is 24.9. The molecule has 7 heteroatoms. The molecule has 4 aromatic rings. The summed E-state index contributed by atoms with van der Waals surface area (Å²) in [5, 5.41) is 4.56. The predicted molar refractivity (Wildman–Crippen MR) is 147 cm³/mol. The number of hydrogen-bond acceptors (Lipinski definition) is 4. The topological polar surface area (TPSA) is 54.5 Å². The number of amides is 1. The molecule has 0 radical (unpaired) electrons. The first-order valence-electron chi connectivity index (χ1n) is 12.1. The summed E-state index contributed by atoms with van der Waals surface area (Å²) in [5.41, 5.74) is 2.72. The van der Waals surface area contributed by atoms with E-state index in [1.807, 2.05) is 18.2 Å². The minimum atomic E-state index is -0.290. The van der Waals surface area contributed by atoms with Gasteiger partial charge in [0.15, 0.2) is 6.61 Å². The number of carbonyl (C=O) groups is 1. The first kappa shape index (κ1) is 24.4. The Bertz CT molecular complexity index is 1360. The van der Waals surface area contributed by atoms with Crippen LogP contribution in [-0.4, -0.2) is 30.6 Å². The summed E-state index contributed by atoms with van der Waals surface area (Å²) in [5.74, 6) is 1.92. The Morgan fingerprint density at radius 2 is 1.75 bits per heavy atom. The van der Waals surface area contributed by atoms with Crippen molar-refractivity contribution in [2.24, 2.45) is 5.92 Å². The van der Waals surface area contributed by atoms with Crippen LogP contribution in [0.5, 0.6) is 5.75 Å². The zero-order valence-electron chi connectivity index (χ0n) is 19.8. The summed E-state index contributed by atoms with van der Waals surface area (Å²) >= 11 is 12.0. The second-order valence-electron chi connectivity index (χ2n) is 9.08. The number of carbonyl (C=O) groups excluding carboxylic acids is 1. The van der Waals surface area contributed by atoms with E-state index >= 15 is 0 Å². The standard InChI is InChI=1S/C29H27Cl2N3O2/c30-24-11-10-23(18-25(24)31)32-28(35)19-36-26-8-4-7-22-9-12-27(33-29(22)26)34-15-13-21(14-16-34)17-20-5-2-1-3-6-20/h1-12,18,21H,13-17,19H2,(H,32,35). The molecule has 0 saturated carbocycles. The van der Waals surface area contributed by atoms with E-state index in [2.05, 4.69) is 52.7 Å². The number of rotatable bonds is 7. The fourth-order valence-electron chi connectivity index (χ4n) is 4.63. The minimum absolute atomic E-state index is 0.143. The first-order chi connectivity index (χ1) is 17.5. The molecule has 1 saturated heterocycles. The van der Waals surface area contributed by atoms with Crippen molar-refractivity contribution in [2.45, 2.75) is 19.3 Å². The van der Waals surface area contributed by atoms with Crippen LogP contribution in [0.2, 0.25) is 10.0 Å². The number of halogens is 2. The van der Waals surface area contributed by atoms with E-state index in [9.17, 15) is 4.79 Å². The molecule has 5 rings (SSSR count). The molecule has 1 aliphatic rings. The molecule has 184 valence electrons.